The quantitative estimate of drug-likeness (QED) is 0.732. The summed E-state index contributed by atoms with van der Waals surface area (Å²) in [5.41, 5.74) is 5.37. The van der Waals surface area contributed by atoms with Crippen LogP contribution in [0.3, 0.4) is 0 Å². The van der Waals surface area contributed by atoms with Crippen LogP contribution in [-0.2, 0) is 11.3 Å². The van der Waals surface area contributed by atoms with Gasteiger partial charge in [0.2, 0.25) is 11.7 Å². The van der Waals surface area contributed by atoms with Crippen molar-refractivity contribution < 1.29 is 9.32 Å². The number of hydrazone groups is 1. The molecule has 0 bridgehead atoms. The Morgan fingerprint density at radius 2 is 2.14 bits per heavy atom. The fraction of sp³-hybridized carbons (Fsp3) is 0.263. The average molecular weight is 394 g/mol. The Balaban J connectivity index is 1.29. The second-order valence-electron chi connectivity index (χ2n) is 6.86. The van der Waals surface area contributed by atoms with Gasteiger partial charge in [0, 0.05) is 16.9 Å². The standard InChI is InChI=1S/C19H18N6O2S/c1-12-4-6-13(7-5-12)18-21-17(27-23-18)10-24-19(26)15-9-14(16-3-2-8-28-16)22-25(15)11-20-24/h2-8,11,14-15,22H,9-10H2,1H3. The summed E-state index contributed by atoms with van der Waals surface area (Å²) in [4.78, 5) is 18.5. The van der Waals surface area contributed by atoms with E-state index in [1.165, 1.54) is 9.89 Å². The molecule has 142 valence electrons. The molecule has 2 aromatic heterocycles. The van der Waals surface area contributed by atoms with Gasteiger partial charge < -0.3 is 4.52 Å². The molecular weight excluding hydrogens is 376 g/mol. The number of nitrogens with zero attached hydrogens (tertiary/aromatic N) is 5. The molecule has 1 aromatic carbocycles. The van der Waals surface area contributed by atoms with E-state index in [9.17, 15) is 4.79 Å². The maximum Gasteiger partial charge on any atom is 0.267 e. The van der Waals surface area contributed by atoms with Crippen LogP contribution in [0.2, 0.25) is 0 Å². The number of hydrogen-bond donors (Lipinski definition) is 1. The largest absolute Gasteiger partial charge is 0.337 e. The second kappa shape index (κ2) is 6.84. The minimum Gasteiger partial charge on any atom is -0.337 e. The fourth-order valence-corrected chi connectivity index (χ4v) is 4.18. The summed E-state index contributed by atoms with van der Waals surface area (Å²) < 4.78 is 5.34. The minimum absolute atomic E-state index is 0.0795. The zero-order valence-corrected chi connectivity index (χ0v) is 16.0. The lowest BCUT2D eigenvalue weighted by Gasteiger charge is -2.29. The Bertz CT molecular complexity index is 1010. The van der Waals surface area contributed by atoms with E-state index in [-0.39, 0.29) is 24.5 Å². The van der Waals surface area contributed by atoms with Gasteiger partial charge in [-0.3, -0.25) is 9.80 Å². The van der Waals surface area contributed by atoms with Crippen LogP contribution < -0.4 is 5.43 Å². The Morgan fingerprint density at radius 1 is 1.29 bits per heavy atom. The Labute approximate surface area is 165 Å². The van der Waals surface area contributed by atoms with E-state index in [1.54, 1.807) is 22.7 Å². The Kier molecular flexibility index (Phi) is 4.18. The minimum atomic E-state index is -0.288. The molecule has 2 unspecified atom stereocenters. The van der Waals surface area contributed by atoms with E-state index in [0.29, 0.717) is 18.1 Å². The van der Waals surface area contributed by atoms with E-state index in [2.05, 4.69) is 26.7 Å². The summed E-state index contributed by atoms with van der Waals surface area (Å²) in [7, 11) is 0. The molecule has 3 aromatic rings. The third kappa shape index (κ3) is 3.08. The van der Waals surface area contributed by atoms with Crippen molar-refractivity contribution in [1.82, 2.24) is 25.6 Å². The van der Waals surface area contributed by atoms with Crippen molar-refractivity contribution in [3.05, 3.63) is 58.1 Å². The number of thiophene rings is 1. The van der Waals surface area contributed by atoms with Crippen molar-refractivity contribution in [3.8, 4) is 11.4 Å². The highest BCUT2D eigenvalue weighted by molar-refractivity contribution is 7.10. The number of hydrazine groups is 1. The summed E-state index contributed by atoms with van der Waals surface area (Å²) in [6.45, 7) is 2.18. The number of carbonyl (C=O) groups is 1. The third-order valence-corrected chi connectivity index (χ3v) is 5.89. The number of benzene rings is 1. The summed E-state index contributed by atoms with van der Waals surface area (Å²) in [5, 5.41) is 13.5. The SMILES string of the molecule is Cc1ccc(-c2noc(CN3N=CN4NC(c5cccs5)CC4C3=O)n2)cc1. The first-order chi connectivity index (χ1) is 13.7. The van der Waals surface area contributed by atoms with Gasteiger partial charge in [0.25, 0.3) is 5.91 Å². The van der Waals surface area contributed by atoms with Crippen LogP contribution in [-0.4, -0.2) is 38.4 Å². The molecule has 1 amide bonds. The zero-order valence-electron chi connectivity index (χ0n) is 15.1. The number of aromatic nitrogens is 2. The number of carbonyl (C=O) groups excluding carboxylic acids is 1. The number of hydrogen-bond acceptors (Lipinski definition) is 8. The Morgan fingerprint density at radius 3 is 2.93 bits per heavy atom. The van der Waals surface area contributed by atoms with Crippen LogP contribution in [0.4, 0.5) is 0 Å². The van der Waals surface area contributed by atoms with Gasteiger partial charge in [-0.2, -0.15) is 10.1 Å². The van der Waals surface area contributed by atoms with Crippen LogP contribution in [0.15, 0.2) is 51.4 Å². The first kappa shape index (κ1) is 17.1. The smallest absolute Gasteiger partial charge is 0.267 e. The number of aryl methyl sites for hydroxylation is 1. The number of fused-ring (bicyclic) bond motifs is 1. The molecule has 0 aliphatic carbocycles. The molecule has 1 N–H and O–H groups in total. The summed E-state index contributed by atoms with van der Waals surface area (Å²) >= 11 is 1.68. The van der Waals surface area contributed by atoms with Crippen LogP contribution >= 0.6 is 11.3 Å². The normalized spacial score (nSPS) is 21.4. The molecule has 28 heavy (non-hydrogen) atoms. The molecule has 5 rings (SSSR count). The fourth-order valence-electron chi connectivity index (χ4n) is 3.40. The molecule has 2 atom stereocenters. The number of rotatable bonds is 4. The van der Waals surface area contributed by atoms with Crippen molar-refractivity contribution in [2.75, 3.05) is 0 Å². The highest BCUT2D eigenvalue weighted by Gasteiger charge is 2.41. The second-order valence-corrected chi connectivity index (χ2v) is 7.84. The van der Waals surface area contributed by atoms with Gasteiger partial charge in [-0.25, -0.2) is 10.4 Å². The summed E-state index contributed by atoms with van der Waals surface area (Å²) in [5.74, 6) is 0.782. The molecule has 0 saturated carbocycles. The lowest BCUT2D eigenvalue weighted by molar-refractivity contribution is -0.137. The van der Waals surface area contributed by atoms with Crippen LogP contribution in [0, 0.1) is 6.92 Å². The summed E-state index contributed by atoms with van der Waals surface area (Å²) in [6, 6.07) is 11.8. The van der Waals surface area contributed by atoms with Crippen LogP contribution in [0.1, 0.15) is 28.8 Å². The van der Waals surface area contributed by atoms with Gasteiger partial charge in [-0.1, -0.05) is 41.1 Å². The van der Waals surface area contributed by atoms with Gasteiger partial charge in [0.05, 0.1) is 6.04 Å². The van der Waals surface area contributed by atoms with Crippen molar-refractivity contribution in [2.24, 2.45) is 5.10 Å². The first-order valence-corrected chi connectivity index (χ1v) is 9.88. The average Bonchev–Trinajstić information content (AvgIpc) is 3.45. The molecule has 8 nitrogen and oxygen atoms in total. The maximum absolute atomic E-state index is 12.9. The monoisotopic (exact) mass is 394 g/mol. The topological polar surface area (TPSA) is 86.9 Å². The van der Waals surface area contributed by atoms with Crippen molar-refractivity contribution in [2.45, 2.75) is 32.0 Å². The van der Waals surface area contributed by atoms with Gasteiger partial charge in [0.1, 0.15) is 18.9 Å². The van der Waals surface area contributed by atoms with E-state index >= 15 is 0 Å². The lowest BCUT2D eigenvalue weighted by Crippen LogP contribution is -2.50. The molecule has 0 spiro atoms. The molecule has 2 aliphatic heterocycles. The molecule has 9 heteroatoms. The van der Waals surface area contributed by atoms with E-state index in [1.807, 2.05) is 42.6 Å². The van der Waals surface area contributed by atoms with Gasteiger partial charge >= 0.3 is 0 Å². The van der Waals surface area contributed by atoms with Crippen molar-refractivity contribution in [3.63, 3.8) is 0 Å². The molecule has 2 aliphatic rings. The lowest BCUT2D eigenvalue weighted by atomic mass is 10.1. The van der Waals surface area contributed by atoms with Crippen LogP contribution in [0.5, 0.6) is 0 Å². The van der Waals surface area contributed by atoms with Gasteiger partial charge in [-0.05, 0) is 18.4 Å². The summed E-state index contributed by atoms with van der Waals surface area (Å²) in [6.07, 6.45) is 2.34. The highest BCUT2D eigenvalue weighted by atomic mass is 32.1. The van der Waals surface area contributed by atoms with Gasteiger partial charge in [-0.15, -0.1) is 11.3 Å². The molecule has 0 radical (unpaired) electrons. The number of amides is 1. The maximum atomic E-state index is 12.9. The van der Waals surface area contributed by atoms with E-state index in [4.69, 9.17) is 4.52 Å². The van der Waals surface area contributed by atoms with Gasteiger partial charge in [0.15, 0.2) is 0 Å². The number of nitrogens with one attached hydrogen (secondary N) is 1. The first-order valence-electron chi connectivity index (χ1n) is 9.00. The van der Waals surface area contributed by atoms with E-state index < -0.39 is 0 Å². The molecule has 4 heterocycles. The third-order valence-electron chi connectivity index (χ3n) is 4.90. The van der Waals surface area contributed by atoms with Crippen LogP contribution in [0.25, 0.3) is 11.4 Å². The van der Waals surface area contributed by atoms with Crippen molar-refractivity contribution in [1.29, 1.82) is 0 Å². The highest BCUT2D eigenvalue weighted by Crippen LogP contribution is 2.32. The van der Waals surface area contributed by atoms with E-state index in [0.717, 1.165) is 11.1 Å². The molecule has 1 saturated heterocycles. The van der Waals surface area contributed by atoms with Crippen molar-refractivity contribution >= 4 is 23.6 Å². The molecule has 1 fully saturated rings. The zero-order chi connectivity index (χ0) is 19.1. The predicted octanol–water partition coefficient (Wildman–Crippen LogP) is 2.71. The predicted molar refractivity (Wildman–Crippen MR) is 104 cm³/mol. The molecular formula is C19H18N6O2S. The Hall–Kier alpha value is -3.04.